The fourth-order valence-electron chi connectivity index (χ4n) is 2.06. The molecule has 0 aliphatic carbocycles. The van der Waals surface area contributed by atoms with Crippen LogP contribution in [0.3, 0.4) is 0 Å². The van der Waals surface area contributed by atoms with Gasteiger partial charge in [-0.2, -0.15) is 0 Å². The van der Waals surface area contributed by atoms with Gasteiger partial charge in [-0.1, -0.05) is 13.0 Å². The zero-order chi connectivity index (χ0) is 14.7. The Bertz CT molecular complexity index is 624. The van der Waals surface area contributed by atoms with Crippen molar-refractivity contribution < 1.29 is 9.18 Å². The number of benzene rings is 1. The summed E-state index contributed by atoms with van der Waals surface area (Å²) in [6, 6.07) is 4.68. The van der Waals surface area contributed by atoms with Crippen molar-refractivity contribution in [1.82, 2.24) is 14.9 Å². The molecule has 0 saturated heterocycles. The Morgan fingerprint density at radius 3 is 2.95 bits per heavy atom. The molecule has 0 saturated carbocycles. The van der Waals surface area contributed by atoms with Crippen LogP contribution in [-0.2, 0) is 11.3 Å². The summed E-state index contributed by atoms with van der Waals surface area (Å²) in [6.45, 7) is 4.44. The van der Waals surface area contributed by atoms with E-state index in [4.69, 9.17) is 11.6 Å². The molecule has 2 rings (SSSR count). The number of nitrogens with zero attached hydrogens (tertiary/aromatic N) is 2. The molecule has 108 valence electrons. The fraction of sp³-hybridized carbons (Fsp3) is 0.429. The molecule has 4 nitrogen and oxygen atoms in total. The molecule has 1 heterocycles. The van der Waals surface area contributed by atoms with Crippen LogP contribution in [0.4, 0.5) is 4.39 Å². The molecule has 1 amide bonds. The van der Waals surface area contributed by atoms with E-state index in [0.717, 1.165) is 6.42 Å². The Kier molecular flexibility index (Phi) is 4.60. The van der Waals surface area contributed by atoms with Gasteiger partial charge in [-0.3, -0.25) is 4.79 Å². The average Bonchev–Trinajstić information content (AvgIpc) is 2.77. The molecule has 0 radical (unpaired) electrons. The van der Waals surface area contributed by atoms with E-state index in [0.29, 0.717) is 17.9 Å². The summed E-state index contributed by atoms with van der Waals surface area (Å²) in [5.74, 6) is -0.0406. The lowest BCUT2D eigenvalue weighted by molar-refractivity contribution is -0.121. The van der Waals surface area contributed by atoms with E-state index in [2.05, 4.69) is 10.3 Å². The Labute approximate surface area is 121 Å². The predicted molar refractivity (Wildman–Crippen MR) is 77.3 cm³/mol. The first-order valence-corrected chi connectivity index (χ1v) is 7.03. The molecule has 2 aromatic rings. The van der Waals surface area contributed by atoms with Crippen LogP contribution in [0.15, 0.2) is 18.2 Å². The lowest BCUT2D eigenvalue weighted by Gasteiger charge is -2.10. The summed E-state index contributed by atoms with van der Waals surface area (Å²) in [5, 5.41) is 2.39. The van der Waals surface area contributed by atoms with Gasteiger partial charge in [-0.25, -0.2) is 9.37 Å². The normalized spacial score (nSPS) is 12.6. The number of aromatic nitrogens is 2. The van der Waals surface area contributed by atoms with Crippen molar-refractivity contribution in [3.63, 3.8) is 0 Å². The second kappa shape index (κ2) is 6.22. The third kappa shape index (κ3) is 2.93. The van der Waals surface area contributed by atoms with Gasteiger partial charge in [0.1, 0.15) is 17.9 Å². The summed E-state index contributed by atoms with van der Waals surface area (Å²) >= 11 is 6.08. The summed E-state index contributed by atoms with van der Waals surface area (Å²) in [7, 11) is 0. The number of fused-ring (bicyclic) bond motifs is 1. The molecule has 0 spiro atoms. The number of halogens is 2. The SMILES string of the molecule is CCCNC(=O)Cn1c(C(C)Cl)nc2c(F)cccc21. The van der Waals surface area contributed by atoms with E-state index in [-0.39, 0.29) is 18.0 Å². The van der Waals surface area contributed by atoms with E-state index >= 15 is 0 Å². The molecule has 0 fully saturated rings. The van der Waals surface area contributed by atoms with Gasteiger partial charge in [0, 0.05) is 6.54 Å². The molecule has 1 atom stereocenters. The minimum absolute atomic E-state index is 0.0896. The van der Waals surface area contributed by atoms with Crippen LogP contribution >= 0.6 is 11.6 Å². The third-order valence-corrected chi connectivity index (χ3v) is 3.18. The molecule has 0 aliphatic heterocycles. The zero-order valence-corrected chi connectivity index (χ0v) is 12.2. The van der Waals surface area contributed by atoms with Gasteiger partial charge in [0.25, 0.3) is 0 Å². The monoisotopic (exact) mass is 297 g/mol. The highest BCUT2D eigenvalue weighted by atomic mass is 35.5. The molecule has 1 unspecified atom stereocenters. The van der Waals surface area contributed by atoms with E-state index in [1.807, 2.05) is 6.92 Å². The number of amides is 1. The standard InChI is InChI=1S/C14H17ClFN3O/c1-3-7-17-12(20)8-19-11-6-4-5-10(16)13(11)18-14(19)9(2)15/h4-6,9H,3,7-8H2,1-2H3,(H,17,20). The van der Waals surface area contributed by atoms with Crippen LogP contribution in [0, 0.1) is 5.82 Å². The zero-order valence-electron chi connectivity index (χ0n) is 11.5. The Morgan fingerprint density at radius 1 is 1.55 bits per heavy atom. The van der Waals surface area contributed by atoms with Gasteiger partial charge < -0.3 is 9.88 Å². The average molecular weight is 298 g/mol. The third-order valence-electron chi connectivity index (χ3n) is 2.99. The number of alkyl halides is 1. The molecule has 1 aromatic carbocycles. The van der Waals surface area contributed by atoms with Crippen LogP contribution in [-0.4, -0.2) is 22.0 Å². The molecule has 0 aliphatic rings. The van der Waals surface area contributed by atoms with Crippen molar-refractivity contribution in [3.05, 3.63) is 29.8 Å². The van der Waals surface area contributed by atoms with E-state index < -0.39 is 11.2 Å². The van der Waals surface area contributed by atoms with Gasteiger partial charge >= 0.3 is 0 Å². The number of hydrogen-bond acceptors (Lipinski definition) is 2. The summed E-state index contributed by atoms with van der Waals surface area (Å²) in [6.07, 6.45) is 0.865. The number of hydrogen-bond donors (Lipinski definition) is 1. The predicted octanol–water partition coefficient (Wildman–Crippen LogP) is 3.00. The minimum Gasteiger partial charge on any atom is -0.355 e. The van der Waals surface area contributed by atoms with Crippen LogP contribution in [0.1, 0.15) is 31.5 Å². The number of imidazole rings is 1. The highest BCUT2D eigenvalue weighted by Gasteiger charge is 2.18. The first-order chi connectivity index (χ1) is 9.54. The van der Waals surface area contributed by atoms with Crippen molar-refractivity contribution >= 4 is 28.5 Å². The first kappa shape index (κ1) is 14.8. The number of nitrogens with one attached hydrogen (secondary N) is 1. The largest absolute Gasteiger partial charge is 0.355 e. The minimum atomic E-state index is -0.409. The molecular weight excluding hydrogens is 281 g/mol. The lowest BCUT2D eigenvalue weighted by atomic mass is 10.3. The number of para-hydroxylation sites is 1. The summed E-state index contributed by atoms with van der Waals surface area (Å²) in [5.41, 5.74) is 0.831. The van der Waals surface area contributed by atoms with E-state index in [1.165, 1.54) is 6.07 Å². The van der Waals surface area contributed by atoms with Crippen molar-refractivity contribution in [3.8, 4) is 0 Å². The van der Waals surface area contributed by atoms with Crippen LogP contribution in [0.5, 0.6) is 0 Å². The van der Waals surface area contributed by atoms with Crippen molar-refractivity contribution in [2.75, 3.05) is 6.54 Å². The molecular formula is C14H17ClFN3O. The quantitative estimate of drug-likeness (QED) is 0.862. The number of carbonyl (C=O) groups is 1. The highest BCUT2D eigenvalue weighted by molar-refractivity contribution is 6.20. The van der Waals surface area contributed by atoms with E-state index in [9.17, 15) is 9.18 Å². The maximum absolute atomic E-state index is 13.8. The molecule has 20 heavy (non-hydrogen) atoms. The Balaban J connectivity index is 2.41. The van der Waals surface area contributed by atoms with E-state index in [1.54, 1.807) is 23.6 Å². The molecule has 1 aromatic heterocycles. The van der Waals surface area contributed by atoms with Gasteiger partial charge in [-0.05, 0) is 25.5 Å². The fourth-order valence-corrected chi connectivity index (χ4v) is 2.23. The summed E-state index contributed by atoms with van der Waals surface area (Å²) < 4.78 is 15.4. The number of rotatable bonds is 5. The lowest BCUT2D eigenvalue weighted by Crippen LogP contribution is -2.28. The van der Waals surface area contributed by atoms with Crippen LogP contribution < -0.4 is 5.32 Å². The second-order valence-electron chi connectivity index (χ2n) is 4.63. The molecule has 6 heteroatoms. The number of carbonyl (C=O) groups excluding carboxylic acids is 1. The van der Waals surface area contributed by atoms with Crippen molar-refractivity contribution in [1.29, 1.82) is 0 Å². The Hall–Kier alpha value is -1.62. The Morgan fingerprint density at radius 2 is 2.30 bits per heavy atom. The van der Waals surface area contributed by atoms with Gasteiger partial charge in [0.05, 0.1) is 10.9 Å². The topological polar surface area (TPSA) is 46.9 Å². The van der Waals surface area contributed by atoms with Gasteiger partial charge in [0.2, 0.25) is 5.91 Å². The summed E-state index contributed by atoms with van der Waals surface area (Å²) in [4.78, 5) is 16.1. The molecule has 1 N–H and O–H groups in total. The van der Waals surface area contributed by atoms with Gasteiger partial charge in [0.15, 0.2) is 5.82 Å². The van der Waals surface area contributed by atoms with Crippen LogP contribution in [0.25, 0.3) is 11.0 Å². The van der Waals surface area contributed by atoms with Crippen molar-refractivity contribution in [2.45, 2.75) is 32.2 Å². The van der Waals surface area contributed by atoms with Gasteiger partial charge in [-0.15, -0.1) is 11.6 Å². The molecule has 0 bridgehead atoms. The first-order valence-electron chi connectivity index (χ1n) is 6.60. The maximum Gasteiger partial charge on any atom is 0.240 e. The van der Waals surface area contributed by atoms with Crippen LogP contribution in [0.2, 0.25) is 0 Å². The second-order valence-corrected chi connectivity index (χ2v) is 5.28. The van der Waals surface area contributed by atoms with Crippen molar-refractivity contribution in [2.24, 2.45) is 0 Å². The highest BCUT2D eigenvalue weighted by Crippen LogP contribution is 2.25. The maximum atomic E-state index is 13.8. The smallest absolute Gasteiger partial charge is 0.240 e.